The van der Waals surface area contributed by atoms with Crippen LogP contribution in [0.15, 0.2) is 24.3 Å². The normalized spacial score (nSPS) is 15.4. The molecule has 2 N–H and O–H groups in total. The first-order valence-corrected chi connectivity index (χ1v) is 8.85. The third kappa shape index (κ3) is 6.18. The largest absolute Gasteiger partial charge is 0.497 e. The van der Waals surface area contributed by atoms with Gasteiger partial charge in [-0.1, -0.05) is 26.0 Å². The molecule has 0 radical (unpaired) electrons. The van der Waals surface area contributed by atoms with Gasteiger partial charge < -0.3 is 20.3 Å². The van der Waals surface area contributed by atoms with Gasteiger partial charge in [0, 0.05) is 26.2 Å². The number of carbonyl (C=O) groups excluding carboxylic acids is 2. The summed E-state index contributed by atoms with van der Waals surface area (Å²) in [5.74, 6) is 1.21. The van der Waals surface area contributed by atoms with E-state index in [0.717, 1.165) is 11.3 Å². The molecule has 0 saturated carbocycles. The predicted octanol–water partition coefficient (Wildman–Crippen LogP) is 1.70. The molecule has 146 valence electrons. The molecule has 2 rings (SSSR count). The number of benzene rings is 1. The minimum Gasteiger partial charge on any atom is -0.497 e. The van der Waals surface area contributed by atoms with E-state index in [0.29, 0.717) is 44.9 Å². The zero-order valence-corrected chi connectivity index (χ0v) is 16.6. The zero-order chi connectivity index (χ0) is 18.4. The monoisotopic (exact) mass is 383 g/mol. The van der Waals surface area contributed by atoms with Gasteiger partial charge in [-0.05, 0) is 30.0 Å². The van der Waals surface area contributed by atoms with Gasteiger partial charge in [0.05, 0.1) is 19.6 Å². The number of hydrogen-bond acceptors (Lipinski definition) is 4. The van der Waals surface area contributed by atoms with Gasteiger partial charge >= 0.3 is 0 Å². The SMILES string of the molecule is COc1cccc(CC(=O)N2CCN(C(=O)[C@@H](N)CC(C)C)CC2)c1.Cl. The number of hydrogen-bond donors (Lipinski definition) is 1. The Morgan fingerprint density at radius 2 is 1.77 bits per heavy atom. The lowest BCUT2D eigenvalue weighted by molar-refractivity contribution is -0.140. The number of carbonyl (C=O) groups is 2. The van der Waals surface area contributed by atoms with E-state index in [1.165, 1.54) is 0 Å². The number of piperazine rings is 1. The Bertz CT molecular complexity index is 601. The van der Waals surface area contributed by atoms with E-state index in [-0.39, 0.29) is 24.2 Å². The lowest BCUT2D eigenvalue weighted by Gasteiger charge is -2.36. The molecule has 1 aliphatic heterocycles. The smallest absolute Gasteiger partial charge is 0.239 e. The van der Waals surface area contributed by atoms with E-state index < -0.39 is 6.04 Å². The summed E-state index contributed by atoms with van der Waals surface area (Å²) < 4.78 is 5.19. The summed E-state index contributed by atoms with van der Waals surface area (Å²) >= 11 is 0. The molecule has 0 aliphatic carbocycles. The summed E-state index contributed by atoms with van der Waals surface area (Å²) in [4.78, 5) is 28.4. The van der Waals surface area contributed by atoms with Crippen LogP contribution in [0.2, 0.25) is 0 Å². The van der Waals surface area contributed by atoms with Crippen LogP contribution in [-0.4, -0.2) is 60.9 Å². The van der Waals surface area contributed by atoms with Crippen molar-refractivity contribution in [2.24, 2.45) is 11.7 Å². The van der Waals surface area contributed by atoms with Crippen LogP contribution in [0.1, 0.15) is 25.8 Å². The molecule has 1 heterocycles. The van der Waals surface area contributed by atoms with Crippen molar-refractivity contribution in [1.82, 2.24) is 9.80 Å². The molecule has 0 aromatic heterocycles. The van der Waals surface area contributed by atoms with E-state index in [1.807, 2.05) is 29.2 Å². The van der Waals surface area contributed by atoms with Gasteiger partial charge in [-0.2, -0.15) is 0 Å². The summed E-state index contributed by atoms with van der Waals surface area (Å²) in [6.45, 7) is 6.33. The number of rotatable bonds is 6. The predicted molar refractivity (Wildman–Crippen MR) is 105 cm³/mol. The minimum absolute atomic E-state index is 0. The number of nitrogens with zero attached hydrogens (tertiary/aromatic N) is 2. The first-order chi connectivity index (χ1) is 11.9. The van der Waals surface area contributed by atoms with Gasteiger partial charge in [0.2, 0.25) is 11.8 Å². The van der Waals surface area contributed by atoms with Gasteiger partial charge in [-0.3, -0.25) is 9.59 Å². The van der Waals surface area contributed by atoms with Crippen LogP contribution < -0.4 is 10.5 Å². The summed E-state index contributed by atoms with van der Waals surface area (Å²) in [6, 6.07) is 7.10. The molecule has 6 nitrogen and oxygen atoms in total. The van der Waals surface area contributed by atoms with Crippen LogP contribution >= 0.6 is 12.4 Å². The van der Waals surface area contributed by atoms with E-state index in [1.54, 1.807) is 12.0 Å². The molecule has 1 aromatic carbocycles. The lowest BCUT2D eigenvalue weighted by Crippen LogP contribution is -2.54. The highest BCUT2D eigenvalue weighted by Gasteiger charge is 2.27. The van der Waals surface area contributed by atoms with Crippen molar-refractivity contribution >= 4 is 24.2 Å². The maximum absolute atomic E-state index is 12.5. The molecule has 2 amide bonds. The molecule has 1 fully saturated rings. The highest BCUT2D eigenvalue weighted by Crippen LogP contribution is 2.15. The summed E-state index contributed by atoms with van der Waals surface area (Å²) in [6.07, 6.45) is 1.03. The van der Waals surface area contributed by atoms with Crippen LogP contribution in [-0.2, 0) is 16.0 Å². The highest BCUT2D eigenvalue weighted by atomic mass is 35.5. The minimum atomic E-state index is -0.445. The van der Waals surface area contributed by atoms with Crippen molar-refractivity contribution in [3.05, 3.63) is 29.8 Å². The fraction of sp³-hybridized carbons (Fsp3) is 0.579. The van der Waals surface area contributed by atoms with E-state index in [4.69, 9.17) is 10.5 Å². The van der Waals surface area contributed by atoms with Crippen molar-refractivity contribution in [3.63, 3.8) is 0 Å². The molecule has 1 saturated heterocycles. The maximum Gasteiger partial charge on any atom is 0.239 e. The number of nitrogens with two attached hydrogens (primary N) is 1. The Balaban J connectivity index is 0.00000338. The molecule has 1 aliphatic rings. The second-order valence-electron chi connectivity index (χ2n) is 6.97. The molecule has 26 heavy (non-hydrogen) atoms. The van der Waals surface area contributed by atoms with E-state index in [2.05, 4.69) is 13.8 Å². The Hall–Kier alpha value is -1.79. The summed E-state index contributed by atoms with van der Waals surface area (Å²) in [7, 11) is 1.61. The molecule has 7 heteroatoms. The molecule has 0 unspecified atom stereocenters. The van der Waals surface area contributed by atoms with Crippen LogP contribution in [0.4, 0.5) is 0 Å². The van der Waals surface area contributed by atoms with Crippen molar-refractivity contribution in [2.45, 2.75) is 32.7 Å². The number of ether oxygens (including phenoxy) is 1. The molecule has 1 atom stereocenters. The van der Waals surface area contributed by atoms with E-state index in [9.17, 15) is 9.59 Å². The second-order valence-corrected chi connectivity index (χ2v) is 6.97. The average molecular weight is 384 g/mol. The van der Waals surface area contributed by atoms with Crippen LogP contribution in [0.5, 0.6) is 5.75 Å². The molecule has 1 aromatic rings. The van der Waals surface area contributed by atoms with Crippen molar-refractivity contribution in [2.75, 3.05) is 33.3 Å². The quantitative estimate of drug-likeness (QED) is 0.811. The molecular weight excluding hydrogens is 354 g/mol. The topological polar surface area (TPSA) is 75.9 Å². The number of halogens is 1. The summed E-state index contributed by atoms with van der Waals surface area (Å²) in [5, 5.41) is 0. The van der Waals surface area contributed by atoms with Crippen LogP contribution in [0.25, 0.3) is 0 Å². The highest BCUT2D eigenvalue weighted by molar-refractivity contribution is 5.85. The van der Waals surface area contributed by atoms with Crippen LogP contribution in [0, 0.1) is 5.92 Å². The third-order valence-corrected chi connectivity index (χ3v) is 4.48. The fourth-order valence-corrected chi connectivity index (χ4v) is 3.09. The molecule has 0 bridgehead atoms. The first-order valence-electron chi connectivity index (χ1n) is 8.85. The Morgan fingerprint density at radius 3 is 2.35 bits per heavy atom. The Morgan fingerprint density at radius 1 is 1.15 bits per heavy atom. The Labute approximate surface area is 162 Å². The van der Waals surface area contributed by atoms with E-state index >= 15 is 0 Å². The standard InChI is InChI=1S/C19H29N3O3.ClH/c1-14(2)11-17(20)19(24)22-9-7-21(8-10-22)18(23)13-15-5-4-6-16(12-15)25-3;/h4-6,12,14,17H,7-11,13,20H2,1-3H3;1H/t17-;/m0./s1. The molecule has 0 spiro atoms. The number of methoxy groups -OCH3 is 1. The first kappa shape index (κ1) is 22.3. The maximum atomic E-state index is 12.5. The van der Waals surface area contributed by atoms with Gasteiger partial charge in [0.15, 0.2) is 0 Å². The van der Waals surface area contributed by atoms with Crippen molar-refractivity contribution in [3.8, 4) is 5.75 Å². The second kappa shape index (κ2) is 10.4. The van der Waals surface area contributed by atoms with Gasteiger partial charge in [-0.25, -0.2) is 0 Å². The van der Waals surface area contributed by atoms with Gasteiger partial charge in [0.25, 0.3) is 0 Å². The fourth-order valence-electron chi connectivity index (χ4n) is 3.09. The van der Waals surface area contributed by atoms with Crippen molar-refractivity contribution in [1.29, 1.82) is 0 Å². The lowest BCUT2D eigenvalue weighted by atomic mass is 10.0. The average Bonchev–Trinajstić information content (AvgIpc) is 2.60. The summed E-state index contributed by atoms with van der Waals surface area (Å²) in [5.41, 5.74) is 6.92. The Kier molecular flexibility index (Phi) is 8.88. The third-order valence-electron chi connectivity index (χ3n) is 4.48. The molecular formula is C19H30ClN3O3. The number of amides is 2. The van der Waals surface area contributed by atoms with Crippen molar-refractivity contribution < 1.29 is 14.3 Å². The zero-order valence-electron chi connectivity index (χ0n) is 15.8. The van der Waals surface area contributed by atoms with Gasteiger partial charge in [-0.15, -0.1) is 12.4 Å². The van der Waals surface area contributed by atoms with Crippen LogP contribution in [0.3, 0.4) is 0 Å². The van der Waals surface area contributed by atoms with Gasteiger partial charge in [0.1, 0.15) is 5.75 Å².